The van der Waals surface area contributed by atoms with E-state index >= 15 is 0 Å². The zero-order chi connectivity index (χ0) is 12.1. The lowest BCUT2D eigenvalue weighted by Crippen LogP contribution is -1.97. The predicted molar refractivity (Wildman–Crippen MR) is 63.3 cm³/mol. The lowest BCUT2D eigenvalue weighted by molar-refractivity contribution is 0.0697. The Morgan fingerprint density at radius 3 is 2.94 bits per heavy atom. The first kappa shape index (κ1) is 10.9. The average Bonchev–Trinajstić information content (AvgIpc) is 2.82. The lowest BCUT2D eigenvalue weighted by atomic mass is 10.2. The molecule has 5 heteroatoms. The van der Waals surface area contributed by atoms with Crippen molar-refractivity contribution in [3.05, 3.63) is 54.0 Å². The van der Waals surface area contributed by atoms with Gasteiger partial charge in [-0.15, -0.1) is 0 Å². The van der Waals surface area contributed by atoms with E-state index in [2.05, 4.69) is 10.5 Å². The number of hydrogen-bond donors (Lipinski definition) is 2. The largest absolute Gasteiger partial charge is 0.478 e. The number of carboxylic acid groups (broad SMARTS) is 1. The van der Waals surface area contributed by atoms with Crippen molar-refractivity contribution in [2.24, 2.45) is 5.10 Å². The molecule has 0 unspecified atom stereocenters. The summed E-state index contributed by atoms with van der Waals surface area (Å²) in [4.78, 5) is 10.7. The molecule has 0 amide bonds. The molecular formula is C12H10N2O3. The van der Waals surface area contributed by atoms with Gasteiger partial charge in [-0.05, 0) is 30.3 Å². The summed E-state index contributed by atoms with van der Waals surface area (Å²) >= 11 is 0. The van der Waals surface area contributed by atoms with Gasteiger partial charge in [0.25, 0.3) is 0 Å². The first-order chi connectivity index (χ1) is 8.25. The quantitative estimate of drug-likeness (QED) is 0.624. The molecule has 0 aliphatic rings. The van der Waals surface area contributed by atoms with Crippen LogP contribution in [-0.4, -0.2) is 17.3 Å². The second-order valence-corrected chi connectivity index (χ2v) is 3.27. The van der Waals surface area contributed by atoms with Gasteiger partial charge in [-0.25, -0.2) is 4.79 Å². The van der Waals surface area contributed by atoms with Crippen molar-refractivity contribution < 1.29 is 14.3 Å². The zero-order valence-electron chi connectivity index (χ0n) is 8.83. The molecule has 0 saturated heterocycles. The van der Waals surface area contributed by atoms with Crippen LogP contribution in [0.15, 0.2) is 52.2 Å². The standard InChI is InChI=1S/C12H10N2O3/c15-12(16)9-3-1-4-10(7-9)14-13-8-11-5-2-6-17-11/h1-8,14H,(H,15,16). The van der Waals surface area contributed by atoms with Crippen molar-refractivity contribution in [2.45, 2.75) is 0 Å². The fourth-order valence-corrected chi connectivity index (χ4v) is 1.26. The fourth-order valence-electron chi connectivity index (χ4n) is 1.26. The van der Waals surface area contributed by atoms with E-state index in [1.807, 2.05) is 0 Å². The van der Waals surface area contributed by atoms with Gasteiger partial charge in [0.2, 0.25) is 0 Å². The Balaban J connectivity index is 2.04. The molecule has 0 spiro atoms. The van der Waals surface area contributed by atoms with E-state index in [0.29, 0.717) is 11.4 Å². The number of nitrogens with one attached hydrogen (secondary N) is 1. The number of furan rings is 1. The van der Waals surface area contributed by atoms with Crippen molar-refractivity contribution in [1.82, 2.24) is 0 Å². The molecule has 5 nitrogen and oxygen atoms in total. The SMILES string of the molecule is O=C(O)c1cccc(NN=Cc2ccco2)c1. The summed E-state index contributed by atoms with van der Waals surface area (Å²) in [6.07, 6.45) is 3.06. The van der Waals surface area contributed by atoms with Crippen molar-refractivity contribution in [2.75, 3.05) is 5.43 Å². The average molecular weight is 230 g/mol. The van der Waals surface area contributed by atoms with Crippen LogP contribution < -0.4 is 5.43 Å². The normalized spacial score (nSPS) is 10.6. The summed E-state index contributed by atoms with van der Waals surface area (Å²) in [5, 5.41) is 12.7. The van der Waals surface area contributed by atoms with Gasteiger partial charge in [-0.2, -0.15) is 5.10 Å². The summed E-state index contributed by atoms with van der Waals surface area (Å²) in [7, 11) is 0. The maximum absolute atomic E-state index is 10.7. The molecular weight excluding hydrogens is 220 g/mol. The van der Waals surface area contributed by atoms with Crippen LogP contribution in [0.25, 0.3) is 0 Å². The summed E-state index contributed by atoms with van der Waals surface area (Å²) in [5.74, 6) is -0.351. The van der Waals surface area contributed by atoms with E-state index in [9.17, 15) is 4.79 Å². The second kappa shape index (κ2) is 4.98. The number of anilines is 1. The highest BCUT2D eigenvalue weighted by atomic mass is 16.4. The van der Waals surface area contributed by atoms with Crippen LogP contribution in [0.2, 0.25) is 0 Å². The van der Waals surface area contributed by atoms with Crippen LogP contribution in [0.3, 0.4) is 0 Å². The molecule has 86 valence electrons. The number of hydrogen-bond acceptors (Lipinski definition) is 4. The van der Waals surface area contributed by atoms with Crippen molar-refractivity contribution in [1.29, 1.82) is 0 Å². The van der Waals surface area contributed by atoms with Gasteiger partial charge < -0.3 is 9.52 Å². The maximum Gasteiger partial charge on any atom is 0.335 e. The first-order valence-electron chi connectivity index (χ1n) is 4.91. The van der Waals surface area contributed by atoms with Gasteiger partial charge in [0.05, 0.1) is 23.7 Å². The molecule has 0 radical (unpaired) electrons. The molecule has 17 heavy (non-hydrogen) atoms. The van der Waals surface area contributed by atoms with Crippen LogP contribution in [0.5, 0.6) is 0 Å². The van der Waals surface area contributed by atoms with Crippen LogP contribution in [0, 0.1) is 0 Å². The second-order valence-electron chi connectivity index (χ2n) is 3.27. The molecule has 0 saturated carbocycles. The molecule has 2 N–H and O–H groups in total. The monoisotopic (exact) mass is 230 g/mol. The van der Waals surface area contributed by atoms with E-state index in [4.69, 9.17) is 9.52 Å². The van der Waals surface area contributed by atoms with Crippen LogP contribution in [0.4, 0.5) is 5.69 Å². The number of aromatic carboxylic acids is 1. The molecule has 0 aliphatic heterocycles. The topological polar surface area (TPSA) is 74.8 Å². The number of carboxylic acids is 1. The van der Waals surface area contributed by atoms with Gasteiger partial charge in [-0.1, -0.05) is 6.07 Å². The Labute approximate surface area is 97.4 Å². The number of benzene rings is 1. The smallest absolute Gasteiger partial charge is 0.335 e. The van der Waals surface area contributed by atoms with Gasteiger partial charge in [0.1, 0.15) is 5.76 Å². The molecule has 0 aliphatic carbocycles. The molecule has 1 aromatic carbocycles. The maximum atomic E-state index is 10.7. The third kappa shape index (κ3) is 2.94. The third-order valence-electron chi connectivity index (χ3n) is 2.04. The minimum atomic E-state index is -0.969. The number of rotatable bonds is 4. The molecule has 1 heterocycles. The molecule has 0 bridgehead atoms. The molecule has 0 atom stereocenters. The Morgan fingerprint density at radius 1 is 1.35 bits per heavy atom. The summed E-state index contributed by atoms with van der Waals surface area (Å²) in [6, 6.07) is 9.91. The van der Waals surface area contributed by atoms with E-state index < -0.39 is 5.97 Å². The van der Waals surface area contributed by atoms with Crippen LogP contribution >= 0.6 is 0 Å². The van der Waals surface area contributed by atoms with Crippen molar-refractivity contribution >= 4 is 17.9 Å². The highest BCUT2D eigenvalue weighted by molar-refractivity contribution is 5.88. The molecule has 2 rings (SSSR count). The Kier molecular flexibility index (Phi) is 3.20. The van der Waals surface area contributed by atoms with Crippen molar-refractivity contribution in [3.63, 3.8) is 0 Å². The van der Waals surface area contributed by atoms with E-state index in [0.717, 1.165) is 0 Å². The van der Waals surface area contributed by atoms with E-state index in [-0.39, 0.29) is 5.56 Å². The van der Waals surface area contributed by atoms with Gasteiger partial charge in [-0.3, -0.25) is 5.43 Å². The Bertz CT molecular complexity index is 532. The third-order valence-corrected chi connectivity index (χ3v) is 2.04. The Hall–Kier alpha value is -2.56. The molecule has 0 fully saturated rings. The van der Waals surface area contributed by atoms with Gasteiger partial charge >= 0.3 is 5.97 Å². The molecule has 1 aromatic heterocycles. The van der Waals surface area contributed by atoms with E-state index in [1.165, 1.54) is 18.3 Å². The van der Waals surface area contributed by atoms with Crippen LogP contribution in [-0.2, 0) is 0 Å². The van der Waals surface area contributed by atoms with E-state index in [1.54, 1.807) is 30.5 Å². The lowest BCUT2D eigenvalue weighted by Gasteiger charge is -2.00. The Morgan fingerprint density at radius 2 is 2.24 bits per heavy atom. The predicted octanol–water partition coefficient (Wildman–Crippen LogP) is 2.42. The fraction of sp³-hybridized carbons (Fsp3) is 0. The minimum Gasteiger partial charge on any atom is -0.478 e. The minimum absolute atomic E-state index is 0.211. The van der Waals surface area contributed by atoms with Gasteiger partial charge in [0.15, 0.2) is 0 Å². The highest BCUT2D eigenvalue weighted by Gasteiger charge is 2.01. The van der Waals surface area contributed by atoms with Crippen molar-refractivity contribution in [3.8, 4) is 0 Å². The first-order valence-corrected chi connectivity index (χ1v) is 4.91. The summed E-state index contributed by atoms with van der Waals surface area (Å²) in [5.41, 5.74) is 3.54. The summed E-state index contributed by atoms with van der Waals surface area (Å²) < 4.78 is 5.05. The number of hydrazone groups is 1. The van der Waals surface area contributed by atoms with Gasteiger partial charge in [0, 0.05) is 0 Å². The number of nitrogens with zero attached hydrogens (tertiary/aromatic N) is 1. The van der Waals surface area contributed by atoms with Crippen LogP contribution in [0.1, 0.15) is 16.1 Å². The number of carbonyl (C=O) groups is 1. The zero-order valence-corrected chi connectivity index (χ0v) is 8.83. The highest BCUT2D eigenvalue weighted by Crippen LogP contribution is 2.10. The summed E-state index contributed by atoms with van der Waals surface area (Å²) in [6.45, 7) is 0. The molecule has 2 aromatic rings.